The van der Waals surface area contributed by atoms with E-state index in [-0.39, 0.29) is 11.9 Å². The van der Waals surface area contributed by atoms with Crippen LogP contribution in [-0.2, 0) is 0 Å². The molecule has 1 amide bonds. The van der Waals surface area contributed by atoms with Crippen molar-refractivity contribution < 1.29 is 4.79 Å². The largest absolute Gasteiger partial charge is 0.284 e. The molecule has 0 fully saturated rings. The molecule has 3 nitrogen and oxygen atoms in total. The molecule has 2 rings (SSSR count). The Morgan fingerprint density at radius 3 is 2.94 bits per heavy atom. The monoisotopic (exact) mass is 242 g/mol. The number of rotatable bonds is 4. The van der Waals surface area contributed by atoms with E-state index in [4.69, 9.17) is 0 Å². The number of nitrogens with one attached hydrogen (secondary N) is 1. The normalized spacial score (nSPS) is 19.4. The molecule has 0 radical (unpaired) electrons. The van der Waals surface area contributed by atoms with Gasteiger partial charge < -0.3 is 0 Å². The zero-order chi connectivity index (χ0) is 12.8. The standard InChI is InChI=1S/C15H18N2O/c1-2-8-14-11-6-7-12-17(14)16-15(18)13-9-4-3-5-10-13/h2-6,9-11,14H,1,7-8,12H2,(H,16,18). The molecular weight excluding hydrogens is 224 g/mol. The highest BCUT2D eigenvalue weighted by Crippen LogP contribution is 2.12. The second-order valence-electron chi connectivity index (χ2n) is 4.31. The minimum absolute atomic E-state index is 0.0556. The number of hydrogen-bond donors (Lipinski definition) is 1. The molecule has 0 saturated heterocycles. The van der Waals surface area contributed by atoms with E-state index >= 15 is 0 Å². The third-order valence-corrected chi connectivity index (χ3v) is 2.98. The van der Waals surface area contributed by atoms with Crippen LogP contribution in [0, 0.1) is 0 Å². The molecule has 1 heterocycles. The zero-order valence-corrected chi connectivity index (χ0v) is 10.4. The topological polar surface area (TPSA) is 32.3 Å². The lowest BCUT2D eigenvalue weighted by Gasteiger charge is -2.31. The highest BCUT2D eigenvalue weighted by molar-refractivity contribution is 5.93. The Balaban J connectivity index is 2.02. The number of amides is 1. The Hall–Kier alpha value is -1.87. The van der Waals surface area contributed by atoms with Gasteiger partial charge in [-0.2, -0.15) is 0 Å². The molecule has 1 unspecified atom stereocenters. The van der Waals surface area contributed by atoms with E-state index in [1.54, 1.807) is 0 Å². The summed E-state index contributed by atoms with van der Waals surface area (Å²) in [7, 11) is 0. The van der Waals surface area contributed by atoms with E-state index in [0.29, 0.717) is 5.56 Å². The maximum atomic E-state index is 12.1. The quantitative estimate of drug-likeness (QED) is 0.823. The highest BCUT2D eigenvalue weighted by Gasteiger charge is 2.19. The van der Waals surface area contributed by atoms with Crippen LogP contribution in [0.5, 0.6) is 0 Å². The van der Waals surface area contributed by atoms with Crippen LogP contribution in [0.2, 0.25) is 0 Å². The molecule has 3 heteroatoms. The SMILES string of the molecule is C=CCC1C=CCCN1NC(=O)c1ccccc1. The fourth-order valence-electron chi connectivity index (χ4n) is 2.04. The number of carbonyl (C=O) groups is 1. The molecule has 1 atom stereocenters. The third kappa shape index (κ3) is 3.08. The Kier molecular flexibility index (Phi) is 4.31. The smallest absolute Gasteiger partial charge is 0.265 e. The van der Waals surface area contributed by atoms with E-state index in [1.165, 1.54) is 0 Å². The molecule has 1 aliphatic rings. The first-order valence-corrected chi connectivity index (χ1v) is 6.21. The molecule has 0 saturated carbocycles. The van der Waals surface area contributed by atoms with E-state index in [9.17, 15) is 4.79 Å². The Morgan fingerprint density at radius 2 is 2.22 bits per heavy atom. The van der Waals surface area contributed by atoms with Crippen molar-refractivity contribution in [3.05, 3.63) is 60.7 Å². The summed E-state index contributed by atoms with van der Waals surface area (Å²) < 4.78 is 0. The molecule has 1 N–H and O–H groups in total. The number of hydrogen-bond acceptors (Lipinski definition) is 2. The van der Waals surface area contributed by atoms with Crippen molar-refractivity contribution in [1.29, 1.82) is 0 Å². The van der Waals surface area contributed by atoms with Crippen molar-refractivity contribution in [1.82, 2.24) is 10.4 Å². The van der Waals surface area contributed by atoms with Gasteiger partial charge in [0.2, 0.25) is 0 Å². The van der Waals surface area contributed by atoms with Crippen LogP contribution in [0.1, 0.15) is 23.2 Å². The van der Waals surface area contributed by atoms with Crippen LogP contribution in [0.15, 0.2) is 55.1 Å². The van der Waals surface area contributed by atoms with Crippen LogP contribution in [0.4, 0.5) is 0 Å². The highest BCUT2D eigenvalue weighted by atomic mass is 16.2. The summed E-state index contributed by atoms with van der Waals surface area (Å²) >= 11 is 0. The lowest BCUT2D eigenvalue weighted by atomic mass is 10.1. The zero-order valence-electron chi connectivity index (χ0n) is 10.4. The number of benzene rings is 1. The van der Waals surface area contributed by atoms with Crippen LogP contribution in [0.3, 0.4) is 0 Å². The summed E-state index contributed by atoms with van der Waals surface area (Å²) in [4.78, 5) is 12.1. The first-order chi connectivity index (χ1) is 8.81. The Labute approximate surface area is 108 Å². The number of carbonyl (C=O) groups excluding carboxylic acids is 1. The molecule has 1 aliphatic heterocycles. The minimum Gasteiger partial charge on any atom is -0.284 e. The van der Waals surface area contributed by atoms with Gasteiger partial charge in [0.1, 0.15) is 0 Å². The van der Waals surface area contributed by atoms with Gasteiger partial charge in [-0.25, -0.2) is 5.01 Å². The third-order valence-electron chi connectivity index (χ3n) is 2.98. The van der Waals surface area contributed by atoms with Gasteiger partial charge in [-0.05, 0) is 25.0 Å². The van der Waals surface area contributed by atoms with Gasteiger partial charge in [0.05, 0.1) is 6.04 Å². The van der Waals surface area contributed by atoms with Crippen molar-refractivity contribution in [2.45, 2.75) is 18.9 Å². The summed E-state index contributed by atoms with van der Waals surface area (Å²) in [6.07, 6.45) is 7.95. The van der Waals surface area contributed by atoms with Crippen LogP contribution >= 0.6 is 0 Å². The van der Waals surface area contributed by atoms with Crippen molar-refractivity contribution in [2.24, 2.45) is 0 Å². The lowest BCUT2D eigenvalue weighted by molar-refractivity contribution is 0.0728. The summed E-state index contributed by atoms with van der Waals surface area (Å²) in [5.74, 6) is -0.0556. The predicted molar refractivity (Wildman–Crippen MR) is 73.0 cm³/mol. The van der Waals surface area contributed by atoms with Gasteiger partial charge in [0.25, 0.3) is 5.91 Å². The fourth-order valence-corrected chi connectivity index (χ4v) is 2.04. The van der Waals surface area contributed by atoms with Gasteiger partial charge in [-0.1, -0.05) is 36.4 Å². The maximum Gasteiger partial charge on any atom is 0.265 e. The van der Waals surface area contributed by atoms with Gasteiger partial charge in [0.15, 0.2) is 0 Å². The van der Waals surface area contributed by atoms with Crippen LogP contribution in [0.25, 0.3) is 0 Å². The van der Waals surface area contributed by atoms with Gasteiger partial charge in [0, 0.05) is 12.1 Å². The van der Waals surface area contributed by atoms with Crippen molar-refractivity contribution in [2.75, 3.05) is 6.54 Å². The first kappa shape index (κ1) is 12.6. The van der Waals surface area contributed by atoms with E-state index in [1.807, 2.05) is 41.4 Å². The first-order valence-electron chi connectivity index (χ1n) is 6.21. The predicted octanol–water partition coefficient (Wildman–Crippen LogP) is 2.54. The number of nitrogens with zero attached hydrogens (tertiary/aromatic N) is 1. The fraction of sp³-hybridized carbons (Fsp3) is 0.267. The summed E-state index contributed by atoms with van der Waals surface area (Å²) in [6, 6.07) is 9.48. The second-order valence-corrected chi connectivity index (χ2v) is 4.31. The lowest BCUT2D eigenvalue weighted by Crippen LogP contribution is -2.49. The Morgan fingerprint density at radius 1 is 1.44 bits per heavy atom. The van der Waals surface area contributed by atoms with E-state index in [2.05, 4.69) is 24.2 Å². The minimum atomic E-state index is -0.0556. The van der Waals surface area contributed by atoms with Crippen molar-refractivity contribution in [3.8, 4) is 0 Å². The summed E-state index contributed by atoms with van der Waals surface area (Å²) in [5, 5.41) is 1.98. The molecule has 0 aliphatic carbocycles. The van der Waals surface area contributed by atoms with Gasteiger partial charge >= 0.3 is 0 Å². The molecule has 0 aromatic heterocycles. The summed E-state index contributed by atoms with van der Waals surface area (Å²) in [6.45, 7) is 4.59. The van der Waals surface area contributed by atoms with Crippen LogP contribution in [-0.4, -0.2) is 23.5 Å². The molecule has 18 heavy (non-hydrogen) atoms. The Bertz CT molecular complexity index is 439. The van der Waals surface area contributed by atoms with E-state index < -0.39 is 0 Å². The van der Waals surface area contributed by atoms with Crippen LogP contribution < -0.4 is 5.43 Å². The molecule has 0 spiro atoms. The molecule has 0 bridgehead atoms. The average molecular weight is 242 g/mol. The van der Waals surface area contributed by atoms with Gasteiger partial charge in [-0.15, -0.1) is 6.58 Å². The molecular formula is C15H18N2O. The molecule has 1 aromatic rings. The average Bonchev–Trinajstić information content (AvgIpc) is 2.42. The molecule has 1 aromatic carbocycles. The van der Waals surface area contributed by atoms with Crippen molar-refractivity contribution in [3.63, 3.8) is 0 Å². The van der Waals surface area contributed by atoms with Gasteiger partial charge in [-0.3, -0.25) is 10.2 Å². The maximum absolute atomic E-state index is 12.1. The van der Waals surface area contributed by atoms with Crippen molar-refractivity contribution >= 4 is 5.91 Å². The molecule has 94 valence electrons. The second kappa shape index (κ2) is 6.17. The number of hydrazine groups is 1. The summed E-state index contributed by atoms with van der Waals surface area (Å²) in [5.41, 5.74) is 3.65. The van der Waals surface area contributed by atoms with E-state index in [0.717, 1.165) is 19.4 Å².